The van der Waals surface area contributed by atoms with Gasteiger partial charge in [0.05, 0.1) is 16.0 Å². The molecule has 0 atom stereocenters. The van der Waals surface area contributed by atoms with Crippen LogP contribution in [0.5, 0.6) is 0 Å². The molecule has 106 valence electrons. The van der Waals surface area contributed by atoms with E-state index in [4.69, 9.17) is 0 Å². The summed E-state index contributed by atoms with van der Waals surface area (Å²) in [5, 5.41) is 11.7. The van der Waals surface area contributed by atoms with Crippen LogP contribution >= 0.6 is 11.3 Å². The van der Waals surface area contributed by atoms with E-state index in [-0.39, 0.29) is 5.56 Å². The Bertz CT molecular complexity index is 1020. The topological polar surface area (TPSA) is 50.2 Å². The predicted octanol–water partition coefficient (Wildman–Crippen LogP) is 4.81. The molecule has 0 bridgehead atoms. The van der Waals surface area contributed by atoms with Gasteiger partial charge in [0.2, 0.25) is 0 Å². The van der Waals surface area contributed by atoms with Gasteiger partial charge in [0, 0.05) is 27.2 Å². The molecule has 4 aromatic rings. The Morgan fingerprint density at radius 3 is 2.59 bits per heavy atom. The van der Waals surface area contributed by atoms with Crippen molar-refractivity contribution in [2.45, 2.75) is 0 Å². The molecule has 0 aliphatic rings. The highest BCUT2D eigenvalue weighted by Crippen LogP contribution is 2.39. The minimum absolute atomic E-state index is 0.278. The van der Waals surface area contributed by atoms with Crippen molar-refractivity contribution in [3.8, 4) is 11.3 Å². The summed E-state index contributed by atoms with van der Waals surface area (Å²) in [6, 6.07) is 17.2. The highest BCUT2D eigenvalue weighted by atomic mass is 32.1. The van der Waals surface area contributed by atoms with Gasteiger partial charge in [-0.25, -0.2) is 4.79 Å². The first kappa shape index (κ1) is 13.0. The average molecular weight is 305 g/mol. The van der Waals surface area contributed by atoms with Crippen molar-refractivity contribution in [3.05, 3.63) is 66.4 Å². The zero-order chi connectivity index (χ0) is 15.1. The molecule has 0 spiro atoms. The number of aromatic carboxylic acids is 1. The van der Waals surface area contributed by atoms with Crippen molar-refractivity contribution >= 4 is 37.5 Å². The smallest absolute Gasteiger partial charge is 0.336 e. The molecule has 0 aliphatic carbocycles. The van der Waals surface area contributed by atoms with Crippen LogP contribution in [0.3, 0.4) is 0 Å². The molecule has 0 saturated heterocycles. The summed E-state index contributed by atoms with van der Waals surface area (Å²) in [5.41, 5.74) is 1.67. The second kappa shape index (κ2) is 4.93. The Hall–Kier alpha value is -2.72. The molecule has 0 saturated carbocycles. The molecule has 1 N–H and O–H groups in total. The third-order valence-corrected chi connectivity index (χ3v) is 4.90. The van der Waals surface area contributed by atoms with Crippen molar-refractivity contribution in [2.24, 2.45) is 0 Å². The van der Waals surface area contributed by atoms with Gasteiger partial charge in [-0.15, -0.1) is 11.3 Å². The van der Waals surface area contributed by atoms with Crippen LogP contribution in [0.15, 0.2) is 60.8 Å². The van der Waals surface area contributed by atoms with Gasteiger partial charge in [0.15, 0.2) is 0 Å². The van der Waals surface area contributed by atoms with Crippen LogP contribution in [0.4, 0.5) is 0 Å². The maximum Gasteiger partial charge on any atom is 0.336 e. The Kier molecular flexibility index (Phi) is 2.91. The number of carboxylic acids is 1. The first-order chi connectivity index (χ1) is 10.8. The van der Waals surface area contributed by atoms with Crippen LogP contribution in [0.2, 0.25) is 0 Å². The molecule has 0 aliphatic heterocycles. The van der Waals surface area contributed by atoms with Crippen molar-refractivity contribution in [2.75, 3.05) is 0 Å². The van der Waals surface area contributed by atoms with Gasteiger partial charge in [0.25, 0.3) is 0 Å². The van der Waals surface area contributed by atoms with Gasteiger partial charge in [-0.1, -0.05) is 36.4 Å². The van der Waals surface area contributed by atoms with Crippen LogP contribution in [-0.4, -0.2) is 16.1 Å². The number of benzene rings is 2. The van der Waals surface area contributed by atoms with Gasteiger partial charge in [-0.3, -0.25) is 4.98 Å². The third-order valence-electron chi connectivity index (χ3n) is 3.71. The SMILES string of the molecule is O=C(O)c1ccccc1-c1nccc2c1sc1ccccc12. The lowest BCUT2D eigenvalue weighted by Crippen LogP contribution is -1.99. The van der Waals surface area contributed by atoms with Gasteiger partial charge < -0.3 is 5.11 Å². The lowest BCUT2D eigenvalue weighted by atomic mass is 10.0. The molecule has 3 nitrogen and oxygen atoms in total. The molecule has 2 heterocycles. The maximum absolute atomic E-state index is 11.5. The Morgan fingerprint density at radius 2 is 1.73 bits per heavy atom. The number of fused-ring (bicyclic) bond motifs is 3. The largest absolute Gasteiger partial charge is 0.478 e. The number of pyridine rings is 1. The molecule has 0 unspecified atom stereocenters. The molecule has 2 aromatic carbocycles. The number of carbonyl (C=O) groups is 1. The summed E-state index contributed by atoms with van der Waals surface area (Å²) in [6.45, 7) is 0. The summed E-state index contributed by atoms with van der Waals surface area (Å²) in [7, 11) is 0. The van der Waals surface area contributed by atoms with E-state index in [0.717, 1.165) is 15.8 Å². The van der Waals surface area contributed by atoms with Crippen LogP contribution in [0, 0.1) is 0 Å². The number of hydrogen-bond acceptors (Lipinski definition) is 3. The number of aromatic nitrogens is 1. The van der Waals surface area contributed by atoms with Crippen molar-refractivity contribution in [3.63, 3.8) is 0 Å². The second-order valence-corrected chi connectivity index (χ2v) is 6.04. The fraction of sp³-hybridized carbons (Fsp3) is 0. The Morgan fingerprint density at radius 1 is 0.955 bits per heavy atom. The molecule has 0 radical (unpaired) electrons. The summed E-state index contributed by atoms with van der Waals surface area (Å²) in [6.07, 6.45) is 1.75. The fourth-order valence-corrected chi connectivity index (χ4v) is 3.92. The van der Waals surface area contributed by atoms with Crippen molar-refractivity contribution in [1.82, 2.24) is 4.98 Å². The van der Waals surface area contributed by atoms with Gasteiger partial charge in [0.1, 0.15) is 0 Å². The maximum atomic E-state index is 11.5. The van der Waals surface area contributed by atoms with E-state index in [1.54, 1.807) is 29.7 Å². The number of hydrogen-bond donors (Lipinski definition) is 1. The molecule has 22 heavy (non-hydrogen) atoms. The fourth-order valence-electron chi connectivity index (χ4n) is 2.72. The monoisotopic (exact) mass is 305 g/mol. The number of carboxylic acid groups (broad SMARTS) is 1. The highest BCUT2D eigenvalue weighted by molar-refractivity contribution is 7.26. The van der Waals surface area contributed by atoms with Gasteiger partial charge in [-0.05, 0) is 18.2 Å². The van der Waals surface area contributed by atoms with E-state index in [9.17, 15) is 9.90 Å². The first-order valence-electron chi connectivity index (χ1n) is 6.84. The van der Waals surface area contributed by atoms with Crippen LogP contribution in [0.25, 0.3) is 31.4 Å². The molecular weight excluding hydrogens is 294 g/mol. The van der Waals surface area contributed by atoms with Gasteiger partial charge in [-0.2, -0.15) is 0 Å². The highest BCUT2D eigenvalue weighted by Gasteiger charge is 2.16. The van der Waals surface area contributed by atoms with Crippen LogP contribution in [0.1, 0.15) is 10.4 Å². The van der Waals surface area contributed by atoms with Crippen molar-refractivity contribution in [1.29, 1.82) is 0 Å². The van der Waals surface area contributed by atoms with E-state index in [1.807, 2.05) is 30.3 Å². The van der Waals surface area contributed by atoms with E-state index in [1.165, 1.54) is 10.1 Å². The summed E-state index contributed by atoms with van der Waals surface area (Å²) in [5.74, 6) is -0.935. The number of rotatable bonds is 2. The number of thiophene rings is 1. The van der Waals surface area contributed by atoms with E-state index in [0.29, 0.717) is 5.56 Å². The minimum atomic E-state index is -0.935. The van der Waals surface area contributed by atoms with E-state index < -0.39 is 5.97 Å². The number of nitrogens with zero attached hydrogens (tertiary/aromatic N) is 1. The van der Waals surface area contributed by atoms with Crippen molar-refractivity contribution < 1.29 is 9.90 Å². The molecule has 0 amide bonds. The zero-order valence-corrected chi connectivity index (χ0v) is 12.3. The van der Waals surface area contributed by atoms with Gasteiger partial charge >= 0.3 is 5.97 Å². The lowest BCUT2D eigenvalue weighted by molar-refractivity contribution is 0.0697. The Balaban J connectivity index is 2.10. The molecule has 0 fully saturated rings. The summed E-state index contributed by atoms with van der Waals surface area (Å²) >= 11 is 1.65. The van der Waals surface area contributed by atoms with E-state index >= 15 is 0 Å². The molecule has 4 heteroatoms. The van der Waals surface area contributed by atoms with Crippen LogP contribution < -0.4 is 0 Å². The summed E-state index contributed by atoms with van der Waals surface area (Å²) < 4.78 is 2.21. The minimum Gasteiger partial charge on any atom is -0.478 e. The summed E-state index contributed by atoms with van der Waals surface area (Å²) in [4.78, 5) is 15.9. The second-order valence-electron chi connectivity index (χ2n) is 4.99. The normalized spacial score (nSPS) is 11.1. The lowest BCUT2D eigenvalue weighted by Gasteiger charge is -2.06. The molecule has 4 rings (SSSR count). The first-order valence-corrected chi connectivity index (χ1v) is 7.66. The zero-order valence-electron chi connectivity index (χ0n) is 11.5. The third kappa shape index (κ3) is 1.89. The molecular formula is C18H11NO2S. The average Bonchev–Trinajstić information content (AvgIpc) is 2.93. The predicted molar refractivity (Wildman–Crippen MR) is 89.5 cm³/mol. The van der Waals surface area contributed by atoms with Crippen LogP contribution in [-0.2, 0) is 0 Å². The Labute approximate surface area is 130 Å². The van der Waals surface area contributed by atoms with E-state index in [2.05, 4.69) is 17.1 Å². The molecule has 2 aromatic heterocycles. The quantitative estimate of drug-likeness (QED) is 0.578. The standard InChI is InChI=1S/C18H11NO2S/c20-18(21)14-7-2-1-6-12(14)16-17-13(9-10-19-16)11-5-3-4-8-15(11)22-17/h1-10H,(H,20,21).